The van der Waals surface area contributed by atoms with Gasteiger partial charge in [0, 0.05) is 105 Å². The number of aromatic nitrogens is 10. The van der Waals surface area contributed by atoms with Crippen LogP contribution in [-0.4, -0.2) is 49.0 Å². The molecule has 0 aliphatic carbocycles. The highest BCUT2D eigenvalue weighted by molar-refractivity contribution is 6.39. The second kappa shape index (κ2) is 29.9. The Balaban J connectivity index is 0.000000142. The van der Waals surface area contributed by atoms with Gasteiger partial charge in [-0.25, -0.2) is 39.9 Å². The zero-order chi connectivity index (χ0) is 80.6. The molecule has 10 heteroatoms. The third kappa shape index (κ3) is 12.3. The van der Waals surface area contributed by atoms with Crippen LogP contribution in [0.15, 0.2) is 425 Å². The molecule has 0 aliphatic heterocycles. The number of benzene rings is 18. The van der Waals surface area contributed by atoms with Gasteiger partial charge in [0.25, 0.3) is 0 Å². The summed E-state index contributed by atoms with van der Waals surface area (Å²) < 4.78 is 4.64. The molecule has 0 amide bonds. The van der Waals surface area contributed by atoms with Crippen molar-refractivity contribution in [2.45, 2.75) is 0 Å². The van der Waals surface area contributed by atoms with Gasteiger partial charge in [-0.05, 0) is 85.6 Å². The van der Waals surface area contributed by atoms with Crippen molar-refractivity contribution in [1.29, 1.82) is 0 Å². The van der Waals surface area contributed by atoms with E-state index in [9.17, 15) is 0 Å². The molecule has 0 radical (unpaired) electrons. The van der Waals surface area contributed by atoms with E-state index in [4.69, 9.17) is 39.9 Å². The number of nitrogens with zero attached hydrogens (tertiary/aromatic N) is 10. The molecule has 0 N–H and O–H groups in total. The molecule has 0 unspecified atom stereocenters. The van der Waals surface area contributed by atoms with Crippen LogP contribution in [0.25, 0.3) is 233 Å². The molecule has 0 spiro atoms. The van der Waals surface area contributed by atoms with E-state index >= 15 is 0 Å². The average molecular weight is 1560 g/mol. The fourth-order valence-corrected chi connectivity index (χ4v) is 18.1. The lowest BCUT2D eigenvalue weighted by Crippen LogP contribution is -2.04. The molecule has 0 fully saturated rings. The van der Waals surface area contributed by atoms with Crippen molar-refractivity contribution in [3.8, 4) is 125 Å². The first-order valence-electron chi connectivity index (χ1n) is 41.1. The van der Waals surface area contributed by atoms with Gasteiger partial charge in [-0.15, -0.1) is 0 Å². The molecule has 568 valence electrons. The Morgan fingerprint density at radius 2 is 0.426 bits per heavy atom. The largest absolute Gasteiger partial charge is 0.293 e. The van der Waals surface area contributed by atoms with E-state index in [0.29, 0.717) is 23.4 Å². The van der Waals surface area contributed by atoms with Crippen molar-refractivity contribution < 1.29 is 0 Å². The minimum atomic E-state index is 0.622. The van der Waals surface area contributed by atoms with Crippen LogP contribution in [0.1, 0.15) is 0 Å². The Labute approximate surface area is 702 Å². The van der Waals surface area contributed by atoms with E-state index in [-0.39, 0.29) is 0 Å². The van der Waals surface area contributed by atoms with Crippen LogP contribution in [-0.2, 0) is 0 Å². The molecule has 6 aromatic heterocycles. The van der Waals surface area contributed by atoms with Gasteiger partial charge in [0.15, 0.2) is 17.5 Å². The lowest BCUT2D eigenvalue weighted by Gasteiger charge is -2.17. The number of hydrogen-bond acceptors (Lipinski definition) is 8. The third-order valence-corrected chi connectivity index (χ3v) is 23.6. The fraction of sp³-hybridized carbons (Fsp3) is 0. The Hall–Kier alpha value is -16.6. The molecule has 6 heterocycles. The maximum absolute atomic E-state index is 5.38. The highest BCUT2D eigenvalue weighted by Gasteiger charge is 2.28. The normalized spacial score (nSPS) is 11.6. The summed E-state index contributed by atoms with van der Waals surface area (Å²) >= 11 is 0. The summed E-state index contributed by atoms with van der Waals surface area (Å²) in [5.41, 5.74) is 20.6. The summed E-state index contributed by atoms with van der Waals surface area (Å²) in [6.07, 6.45) is 0. The molecule has 122 heavy (non-hydrogen) atoms. The van der Waals surface area contributed by atoms with Crippen LogP contribution in [0, 0.1) is 0 Å². The van der Waals surface area contributed by atoms with Crippen LogP contribution in [0.4, 0.5) is 0 Å². The minimum Gasteiger partial charge on any atom is -0.293 e. The molecule has 18 aromatic carbocycles. The first kappa shape index (κ1) is 70.8. The van der Waals surface area contributed by atoms with Crippen molar-refractivity contribution in [3.05, 3.63) is 425 Å². The molecule has 0 saturated heterocycles. The van der Waals surface area contributed by atoms with Gasteiger partial charge < -0.3 is 0 Å². The fourth-order valence-electron chi connectivity index (χ4n) is 18.1. The van der Waals surface area contributed by atoms with Gasteiger partial charge in [0.05, 0.1) is 61.9 Å². The van der Waals surface area contributed by atoms with E-state index in [1.54, 1.807) is 0 Å². The molecule has 24 aromatic rings. The molecule has 0 aliphatic rings. The van der Waals surface area contributed by atoms with E-state index < -0.39 is 0 Å². The Morgan fingerprint density at radius 3 is 0.836 bits per heavy atom. The number of para-hydroxylation sites is 2. The van der Waals surface area contributed by atoms with Crippen molar-refractivity contribution in [3.63, 3.8) is 0 Å². The monoisotopic (exact) mass is 1550 g/mol. The Morgan fingerprint density at radius 1 is 0.156 bits per heavy atom. The maximum Gasteiger partial charge on any atom is 0.235 e. The highest BCUT2D eigenvalue weighted by Crippen LogP contribution is 2.50. The summed E-state index contributed by atoms with van der Waals surface area (Å²) in [6.45, 7) is 0. The second-order valence-electron chi connectivity index (χ2n) is 30.8. The maximum atomic E-state index is 5.38. The van der Waals surface area contributed by atoms with Gasteiger partial charge in [-0.3, -0.25) is 9.13 Å². The third-order valence-electron chi connectivity index (χ3n) is 23.6. The predicted molar refractivity (Wildman–Crippen MR) is 503 cm³/mol. The molecular formula is C112H70N10. The zero-order valence-electron chi connectivity index (χ0n) is 65.9. The van der Waals surface area contributed by atoms with Crippen LogP contribution >= 0.6 is 0 Å². The number of fused-ring (bicyclic) bond motifs is 20. The lowest BCUT2D eigenvalue weighted by atomic mass is 9.89. The van der Waals surface area contributed by atoms with Crippen LogP contribution < -0.4 is 0 Å². The standard InChI is InChI=1S/2C56H35N5/c1-5-19-36(20-6-1)47-34-48(37-21-7-2-8-22-37)58-55(57-47)46-33-45-41-28-14-16-30-43(41)54-53(52(45)42-29-15-13-27-40(42)46)44-31-17-18-32-51(44)61(54)56-59-49(38-23-9-3-10-24-38)35-50(60-56)39-25-11-4-12-26-39;1-5-19-36(20-6-1)47-34-49(59-55(57-47)38-23-9-3-10-24-38)45-33-46-41-28-14-16-30-43(41)54-53(52(46)42-29-15-13-27-40(42)45)44-31-17-18-32-50(44)61(54)51-35-48(37-21-7-2-8-22-37)58-56(60-51)39-25-11-4-12-26-39/h2*1-35H. The van der Waals surface area contributed by atoms with Crippen LogP contribution in [0.2, 0.25) is 0 Å². The van der Waals surface area contributed by atoms with Crippen molar-refractivity contribution in [2.24, 2.45) is 0 Å². The minimum absolute atomic E-state index is 0.622. The summed E-state index contributed by atoms with van der Waals surface area (Å²) in [7, 11) is 0. The van der Waals surface area contributed by atoms with Crippen LogP contribution in [0.3, 0.4) is 0 Å². The number of rotatable bonds is 12. The smallest absolute Gasteiger partial charge is 0.235 e. The summed E-state index contributed by atoms with van der Waals surface area (Å²) in [6, 6.07) is 148. The van der Waals surface area contributed by atoms with E-state index in [2.05, 4.69) is 361 Å². The van der Waals surface area contributed by atoms with Crippen molar-refractivity contribution in [2.75, 3.05) is 0 Å². The van der Waals surface area contributed by atoms with Gasteiger partial charge >= 0.3 is 0 Å². The van der Waals surface area contributed by atoms with E-state index in [1.807, 2.05) is 72.8 Å². The lowest BCUT2D eigenvalue weighted by molar-refractivity contribution is 0.998. The summed E-state index contributed by atoms with van der Waals surface area (Å²) in [4.78, 5) is 42.4. The predicted octanol–water partition coefficient (Wildman–Crippen LogP) is 28.3. The van der Waals surface area contributed by atoms with E-state index in [0.717, 1.165) is 188 Å². The van der Waals surface area contributed by atoms with Crippen molar-refractivity contribution >= 4 is 108 Å². The summed E-state index contributed by atoms with van der Waals surface area (Å²) in [5.74, 6) is 3.49. The Bertz CT molecular complexity index is 7500. The molecule has 0 bridgehead atoms. The second-order valence-corrected chi connectivity index (χ2v) is 30.8. The summed E-state index contributed by atoms with van der Waals surface area (Å²) in [5, 5.41) is 18.4. The van der Waals surface area contributed by atoms with Crippen LogP contribution in [0.5, 0.6) is 0 Å². The number of hydrogen-bond donors (Lipinski definition) is 0. The van der Waals surface area contributed by atoms with Crippen molar-refractivity contribution in [1.82, 2.24) is 49.0 Å². The van der Waals surface area contributed by atoms with Gasteiger partial charge in [0.1, 0.15) is 5.82 Å². The molecule has 24 rings (SSSR count). The van der Waals surface area contributed by atoms with Gasteiger partial charge in [-0.2, -0.15) is 0 Å². The molecular weight excluding hydrogens is 1490 g/mol. The highest BCUT2D eigenvalue weighted by atomic mass is 15.2. The topological polar surface area (TPSA) is 113 Å². The van der Waals surface area contributed by atoms with Gasteiger partial charge in [0.2, 0.25) is 5.95 Å². The van der Waals surface area contributed by atoms with E-state index in [1.165, 1.54) is 21.5 Å². The Kier molecular flexibility index (Phi) is 17.3. The first-order chi connectivity index (χ1) is 60.5. The average Bonchev–Trinajstić information content (AvgIpc) is 1.51. The quantitative estimate of drug-likeness (QED) is 0.111. The zero-order valence-corrected chi connectivity index (χ0v) is 65.9. The van der Waals surface area contributed by atoms with Gasteiger partial charge in [-0.1, -0.05) is 376 Å². The first-order valence-corrected chi connectivity index (χ1v) is 41.1. The SMILES string of the molecule is c1ccc(-c2cc(-c3cc4c5ccccc5c5c(c6ccccc6n5-c5cc(-c6ccccc6)nc(-c6ccccc6)n5)c4c4ccccc34)nc(-c3ccccc3)n2)cc1.c1ccc(-c2cc(-c3ccccc3)nc(-c3cc4c5ccccc5c5c(c6ccccc6n5-c5nc(-c6ccccc6)cc(-c6ccccc6)n5)c4c4ccccc34)n2)cc1. The molecule has 10 nitrogen and oxygen atoms in total. The molecule has 0 saturated carbocycles. The molecule has 0 atom stereocenters.